The van der Waals surface area contributed by atoms with Crippen molar-refractivity contribution >= 4 is 22.6 Å². The number of nitrogens with one attached hydrogen (secondary N) is 1. The molecule has 0 saturated heterocycles. The number of rotatable bonds is 3. The third-order valence-corrected chi connectivity index (χ3v) is 1.82. The number of carbonyl (C=O) groups is 1. The van der Waals surface area contributed by atoms with Crippen LogP contribution in [0.2, 0.25) is 0 Å². The first-order valence-electron chi connectivity index (χ1n) is 3.45. The molecule has 6 nitrogen and oxygen atoms in total. The van der Waals surface area contributed by atoms with Crippen molar-refractivity contribution in [1.82, 2.24) is 14.8 Å². The Hall–Kier alpha value is -1.08. The molecule has 0 unspecified atom stereocenters. The lowest BCUT2D eigenvalue weighted by atomic mass is 10.2. The van der Waals surface area contributed by atoms with E-state index in [-0.39, 0.29) is 5.91 Å². The second-order valence-corrected chi connectivity index (χ2v) is 2.90. The molecule has 7 heteroatoms. The zero-order valence-electron chi connectivity index (χ0n) is 6.52. The second-order valence-electron chi connectivity index (χ2n) is 2.17. The van der Waals surface area contributed by atoms with E-state index >= 15 is 0 Å². The van der Waals surface area contributed by atoms with Crippen LogP contribution in [0, 0.1) is 0 Å². The van der Waals surface area contributed by atoms with Gasteiger partial charge in [0.05, 0.1) is 6.04 Å². The smallest absolute Gasteiger partial charge is 0.243 e. The van der Waals surface area contributed by atoms with Crippen molar-refractivity contribution in [3.05, 3.63) is 0 Å². The van der Waals surface area contributed by atoms with Crippen LogP contribution >= 0.6 is 11.5 Å². The van der Waals surface area contributed by atoms with Crippen LogP contribution in [-0.2, 0) is 4.79 Å². The van der Waals surface area contributed by atoms with Crippen molar-refractivity contribution in [2.24, 2.45) is 5.73 Å². The van der Waals surface area contributed by atoms with Gasteiger partial charge in [-0.15, -0.1) is 0 Å². The van der Waals surface area contributed by atoms with E-state index in [1.54, 1.807) is 0 Å². The monoisotopic (exact) mass is 187 g/mol. The number of aromatic nitrogens is 3. The Morgan fingerprint density at radius 3 is 3.08 bits per heavy atom. The SMILES string of the molecule is CC[C@@H](N)C(=O)Nc1nnns1. The second kappa shape index (κ2) is 4.07. The van der Waals surface area contributed by atoms with E-state index in [4.69, 9.17) is 5.73 Å². The Kier molecular flexibility index (Phi) is 3.06. The Bertz CT molecular complexity index is 248. The third-order valence-electron chi connectivity index (χ3n) is 1.31. The van der Waals surface area contributed by atoms with Crippen LogP contribution in [0.3, 0.4) is 0 Å². The Balaban J connectivity index is 2.47. The fourth-order valence-corrected chi connectivity index (χ4v) is 0.935. The van der Waals surface area contributed by atoms with Crippen molar-refractivity contribution in [2.75, 3.05) is 5.32 Å². The molecule has 0 aromatic carbocycles. The molecule has 0 aliphatic heterocycles. The first-order chi connectivity index (χ1) is 5.74. The molecule has 1 amide bonds. The number of carbonyl (C=O) groups excluding carboxylic acids is 1. The molecule has 1 atom stereocenters. The quantitative estimate of drug-likeness (QED) is 0.672. The number of hydrogen-bond acceptors (Lipinski definition) is 6. The highest BCUT2D eigenvalue weighted by atomic mass is 32.1. The summed E-state index contributed by atoms with van der Waals surface area (Å²) in [6, 6.07) is -0.492. The molecule has 0 bridgehead atoms. The lowest BCUT2D eigenvalue weighted by Crippen LogP contribution is -2.34. The predicted octanol–water partition coefficient (Wildman–Crippen LogP) is -0.391. The molecule has 3 N–H and O–H groups in total. The molecule has 0 radical (unpaired) electrons. The summed E-state index contributed by atoms with van der Waals surface area (Å²) in [5, 5.41) is 9.74. The van der Waals surface area contributed by atoms with Gasteiger partial charge < -0.3 is 5.73 Å². The average molecular weight is 187 g/mol. The van der Waals surface area contributed by atoms with Gasteiger partial charge in [0.25, 0.3) is 0 Å². The topological polar surface area (TPSA) is 93.8 Å². The zero-order chi connectivity index (χ0) is 8.97. The van der Waals surface area contributed by atoms with Crippen LogP contribution in [0.4, 0.5) is 5.13 Å². The summed E-state index contributed by atoms with van der Waals surface area (Å²) in [7, 11) is 0. The molecule has 1 heterocycles. The van der Waals surface area contributed by atoms with Crippen LogP contribution in [0.1, 0.15) is 13.3 Å². The molecule has 0 aliphatic carbocycles. The number of anilines is 1. The van der Waals surface area contributed by atoms with E-state index in [1.165, 1.54) is 0 Å². The van der Waals surface area contributed by atoms with Crippen LogP contribution < -0.4 is 11.1 Å². The number of hydrogen-bond donors (Lipinski definition) is 2. The van der Waals surface area contributed by atoms with Crippen molar-refractivity contribution in [3.8, 4) is 0 Å². The predicted molar refractivity (Wildman–Crippen MR) is 44.6 cm³/mol. The maximum Gasteiger partial charge on any atom is 0.243 e. The molecule has 66 valence electrons. The van der Waals surface area contributed by atoms with Gasteiger partial charge >= 0.3 is 0 Å². The molecule has 1 aromatic rings. The maximum absolute atomic E-state index is 11.1. The number of nitrogens with two attached hydrogens (primary N) is 1. The van der Waals surface area contributed by atoms with Crippen molar-refractivity contribution in [1.29, 1.82) is 0 Å². The van der Waals surface area contributed by atoms with Crippen molar-refractivity contribution in [2.45, 2.75) is 19.4 Å². The van der Waals surface area contributed by atoms with Gasteiger partial charge in [-0.2, -0.15) is 0 Å². The molecule has 0 fully saturated rings. The molecular weight excluding hydrogens is 178 g/mol. The van der Waals surface area contributed by atoms with Gasteiger partial charge in [0, 0.05) is 11.5 Å². The van der Waals surface area contributed by atoms with Gasteiger partial charge in [0.1, 0.15) is 0 Å². The van der Waals surface area contributed by atoms with E-state index in [2.05, 4.69) is 20.1 Å². The molecule has 1 aromatic heterocycles. The highest BCUT2D eigenvalue weighted by Crippen LogP contribution is 2.04. The molecule has 0 saturated carbocycles. The van der Waals surface area contributed by atoms with Gasteiger partial charge in [0.15, 0.2) is 0 Å². The fourth-order valence-electron chi connectivity index (χ4n) is 0.565. The summed E-state index contributed by atoms with van der Waals surface area (Å²) >= 11 is 1.02. The van der Waals surface area contributed by atoms with Crippen LogP contribution in [0.25, 0.3) is 0 Å². The summed E-state index contributed by atoms with van der Waals surface area (Å²) in [5.74, 6) is -0.254. The van der Waals surface area contributed by atoms with Crippen LogP contribution in [0.5, 0.6) is 0 Å². The lowest BCUT2D eigenvalue weighted by Gasteiger charge is -2.05. The molecule has 12 heavy (non-hydrogen) atoms. The van der Waals surface area contributed by atoms with Crippen LogP contribution in [-0.4, -0.2) is 26.7 Å². The molecule has 1 rings (SSSR count). The lowest BCUT2D eigenvalue weighted by molar-refractivity contribution is -0.117. The Morgan fingerprint density at radius 2 is 2.58 bits per heavy atom. The van der Waals surface area contributed by atoms with E-state index in [9.17, 15) is 4.79 Å². The van der Waals surface area contributed by atoms with Crippen molar-refractivity contribution in [3.63, 3.8) is 0 Å². The van der Waals surface area contributed by atoms with Gasteiger partial charge in [-0.3, -0.25) is 10.1 Å². The fraction of sp³-hybridized carbons (Fsp3) is 0.600. The van der Waals surface area contributed by atoms with Gasteiger partial charge in [-0.1, -0.05) is 16.5 Å². The van der Waals surface area contributed by atoms with E-state index < -0.39 is 6.04 Å². The largest absolute Gasteiger partial charge is 0.320 e. The van der Waals surface area contributed by atoms with Crippen molar-refractivity contribution < 1.29 is 4.79 Å². The average Bonchev–Trinajstić information content (AvgIpc) is 2.55. The standard InChI is InChI=1S/C5H9N5OS/c1-2-3(6)4(11)7-5-8-9-10-12-5/h3H,2,6H2,1H3,(H,7,8,10,11)/t3-/m1/s1. The molecule has 0 spiro atoms. The summed E-state index contributed by atoms with van der Waals surface area (Å²) in [5.41, 5.74) is 5.46. The van der Waals surface area contributed by atoms with Gasteiger partial charge in [-0.05, 0) is 11.6 Å². The van der Waals surface area contributed by atoms with E-state index in [0.29, 0.717) is 11.6 Å². The minimum Gasteiger partial charge on any atom is -0.320 e. The minimum absolute atomic E-state index is 0.254. The highest BCUT2D eigenvalue weighted by molar-refractivity contribution is 7.09. The third kappa shape index (κ3) is 2.21. The highest BCUT2D eigenvalue weighted by Gasteiger charge is 2.12. The summed E-state index contributed by atoms with van der Waals surface area (Å²) in [6.07, 6.45) is 0.595. The normalized spacial score (nSPS) is 12.5. The Labute approximate surface area is 73.3 Å². The first kappa shape index (κ1) is 9.01. The van der Waals surface area contributed by atoms with Crippen LogP contribution in [0.15, 0.2) is 0 Å². The van der Waals surface area contributed by atoms with E-state index in [0.717, 1.165) is 11.5 Å². The summed E-state index contributed by atoms with van der Waals surface area (Å²) in [6.45, 7) is 1.84. The first-order valence-corrected chi connectivity index (χ1v) is 4.23. The van der Waals surface area contributed by atoms with Gasteiger partial charge in [-0.25, -0.2) is 0 Å². The molecule has 0 aliphatic rings. The minimum atomic E-state index is -0.492. The maximum atomic E-state index is 11.1. The number of amides is 1. The molecular formula is C5H9N5OS. The Morgan fingerprint density at radius 1 is 1.83 bits per heavy atom. The summed E-state index contributed by atoms with van der Waals surface area (Å²) in [4.78, 5) is 11.1. The van der Waals surface area contributed by atoms with Gasteiger partial charge in [0.2, 0.25) is 11.0 Å². The summed E-state index contributed by atoms with van der Waals surface area (Å²) < 4.78 is 3.49. The zero-order valence-corrected chi connectivity index (χ0v) is 7.34. The number of nitrogens with zero attached hydrogens (tertiary/aromatic N) is 3. The van der Waals surface area contributed by atoms with E-state index in [1.807, 2.05) is 6.92 Å².